The molecule has 1 aromatic rings. The van der Waals surface area contributed by atoms with Gasteiger partial charge in [-0.05, 0) is 19.1 Å². The lowest BCUT2D eigenvalue weighted by atomic mass is 10.1. The monoisotopic (exact) mass is 202 g/mol. The van der Waals surface area contributed by atoms with Crippen LogP contribution in [-0.2, 0) is 0 Å². The van der Waals surface area contributed by atoms with E-state index >= 15 is 0 Å². The maximum atomic E-state index is 11.9. The number of nitrogens with zero attached hydrogens (tertiary/aromatic N) is 2. The van der Waals surface area contributed by atoms with Gasteiger partial charge in [0.15, 0.2) is 0 Å². The first-order chi connectivity index (χ1) is 7.16. The van der Waals surface area contributed by atoms with Crippen LogP contribution in [0.15, 0.2) is 30.3 Å². The summed E-state index contributed by atoms with van der Waals surface area (Å²) in [5.41, 5.74) is 0.657. The molecule has 78 valence electrons. The van der Waals surface area contributed by atoms with Gasteiger partial charge in [0.1, 0.15) is 0 Å². The molecule has 1 unspecified atom stereocenters. The summed E-state index contributed by atoms with van der Waals surface area (Å²) in [6, 6.07) is 11.1. The maximum Gasteiger partial charge on any atom is 0.253 e. The van der Waals surface area contributed by atoms with Gasteiger partial charge in [-0.15, -0.1) is 0 Å². The van der Waals surface area contributed by atoms with Crippen LogP contribution in [0.25, 0.3) is 0 Å². The van der Waals surface area contributed by atoms with Crippen LogP contribution in [0.2, 0.25) is 0 Å². The van der Waals surface area contributed by atoms with Crippen molar-refractivity contribution in [2.24, 2.45) is 0 Å². The molecule has 1 aromatic carbocycles. The normalized spacial score (nSPS) is 11.5. The molecule has 0 spiro atoms. The van der Waals surface area contributed by atoms with E-state index in [-0.39, 0.29) is 11.9 Å². The van der Waals surface area contributed by atoms with Gasteiger partial charge in [0.25, 0.3) is 5.91 Å². The molecular weight excluding hydrogens is 188 g/mol. The van der Waals surface area contributed by atoms with Crippen LogP contribution < -0.4 is 0 Å². The van der Waals surface area contributed by atoms with E-state index in [9.17, 15) is 4.79 Å². The van der Waals surface area contributed by atoms with E-state index in [1.807, 2.05) is 25.1 Å². The Kier molecular flexibility index (Phi) is 3.87. The topological polar surface area (TPSA) is 44.1 Å². The highest BCUT2D eigenvalue weighted by atomic mass is 16.2. The summed E-state index contributed by atoms with van der Waals surface area (Å²) >= 11 is 0. The fourth-order valence-corrected chi connectivity index (χ4v) is 1.25. The largest absolute Gasteiger partial charge is 0.338 e. The second-order valence-corrected chi connectivity index (χ2v) is 3.49. The molecule has 0 aliphatic carbocycles. The quantitative estimate of drug-likeness (QED) is 0.753. The van der Waals surface area contributed by atoms with Gasteiger partial charge in [0.05, 0.1) is 12.5 Å². The Morgan fingerprint density at radius 2 is 2.07 bits per heavy atom. The van der Waals surface area contributed by atoms with Crippen molar-refractivity contribution in [1.82, 2.24) is 4.90 Å². The zero-order chi connectivity index (χ0) is 11.3. The molecule has 0 aromatic heterocycles. The third-order valence-electron chi connectivity index (χ3n) is 2.39. The Morgan fingerprint density at radius 1 is 1.47 bits per heavy atom. The fourth-order valence-electron chi connectivity index (χ4n) is 1.25. The molecule has 0 aliphatic heterocycles. The molecule has 1 atom stereocenters. The molecular formula is C12H14N2O. The van der Waals surface area contributed by atoms with Crippen molar-refractivity contribution < 1.29 is 4.79 Å². The summed E-state index contributed by atoms with van der Waals surface area (Å²) in [5, 5.41) is 8.55. The van der Waals surface area contributed by atoms with Crippen molar-refractivity contribution in [3.63, 3.8) is 0 Å². The standard InChI is InChI=1S/C12H14N2O/c1-10(8-9-13)14(2)12(15)11-6-4-3-5-7-11/h3-7,10H,8H2,1-2H3. The highest BCUT2D eigenvalue weighted by molar-refractivity contribution is 5.94. The van der Waals surface area contributed by atoms with Crippen LogP contribution in [0.4, 0.5) is 0 Å². The lowest BCUT2D eigenvalue weighted by molar-refractivity contribution is 0.0746. The van der Waals surface area contributed by atoms with Crippen molar-refractivity contribution in [2.45, 2.75) is 19.4 Å². The Hall–Kier alpha value is -1.82. The number of amides is 1. The fraction of sp³-hybridized carbons (Fsp3) is 0.333. The number of carbonyl (C=O) groups excluding carboxylic acids is 1. The molecule has 3 heteroatoms. The van der Waals surface area contributed by atoms with Gasteiger partial charge < -0.3 is 4.90 Å². The second kappa shape index (κ2) is 5.16. The van der Waals surface area contributed by atoms with E-state index in [0.29, 0.717) is 12.0 Å². The van der Waals surface area contributed by atoms with E-state index in [4.69, 9.17) is 5.26 Å². The first kappa shape index (κ1) is 11.3. The molecule has 0 saturated heterocycles. The van der Waals surface area contributed by atoms with Gasteiger partial charge in [-0.25, -0.2) is 0 Å². The van der Waals surface area contributed by atoms with Crippen molar-refractivity contribution in [3.05, 3.63) is 35.9 Å². The molecule has 0 fully saturated rings. The lowest BCUT2D eigenvalue weighted by Gasteiger charge is -2.22. The van der Waals surface area contributed by atoms with Gasteiger partial charge in [0, 0.05) is 18.7 Å². The lowest BCUT2D eigenvalue weighted by Crippen LogP contribution is -2.34. The highest BCUT2D eigenvalue weighted by Gasteiger charge is 2.16. The van der Waals surface area contributed by atoms with Gasteiger partial charge in [-0.2, -0.15) is 5.26 Å². The zero-order valence-electron chi connectivity index (χ0n) is 8.97. The van der Waals surface area contributed by atoms with Crippen molar-refractivity contribution in [2.75, 3.05) is 7.05 Å². The molecule has 15 heavy (non-hydrogen) atoms. The molecule has 0 bridgehead atoms. The number of nitriles is 1. The smallest absolute Gasteiger partial charge is 0.253 e. The first-order valence-electron chi connectivity index (χ1n) is 4.86. The van der Waals surface area contributed by atoms with Crippen molar-refractivity contribution >= 4 is 5.91 Å². The van der Waals surface area contributed by atoms with E-state index < -0.39 is 0 Å². The minimum absolute atomic E-state index is 0.0432. The number of hydrogen-bond donors (Lipinski definition) is 0. The predicted octanol–water partition coefficient (Wildman–Crippen LogP) is 2.06. The minimum Gasteiger partial charge on any atom is -0.338 e. The van der Waals surface area contributed by atoms with E-state index in [0.717, 1.165) is 0 Å². The van der Waals surface area contributed by atoms with Crippen LogP contribution in [0.3, 0.4) is 0 Å². The van der Waals surface area contributed by atoms with Gasteiger partial charge in [-0.1, -0.05) is 18.2 Å². The third-order valence-corrected chi connectivity index (χ3v) is 2.39. The molecule has 0 saturated carbocycles. The summed E-state index contributed by atoms with van der Waals surface area (Å²) in [6.07, 6.45) is 0.356. The van der Waals surface area contributed by atoms with Gasteiger partial charge in [0.2, 0.25) is 0 Å². The van der Waals surface area contributed by atoms with E-state index in [2.05, 4.69) is 6.07 Å². The first-order valence-corrected chi connectivity index (χ1v) is 4.86. The number of hydrogen-bond acceptors (Lipinski definition) is 2. The average molecular weight is 202 g/mol. The third kappa shape index (κ3) is 2.81. The Morgan fingerprint density at radius 3 is 2.60 bits per heavy atom. The predicted molar refractivity (Wildman–Crippen MR) is 58.2 cm³/mol. The van der Waals surface area contributed by atoms with Crippen LogP contribution in [-0.4, -0.2) is 23.9 Å². The number of carbonyl (C=O) groups is 1. The molecule has 0 heterocycles. The molecule has 1 amide bonds. The average Bonchev–Trinajstić information content (AvgIpc) is 2.28. The summed E-state index contributed by atoms with van der Waals surface area (Å²) < 4.78 is 0. The molecule has 3 nitrogen and oxygen atoms in total. The van der Waals surface area contributed by atoms with Crippen molar-refractivity contribution in [3.8, 4) is 6.07 Å². The van der Waals surface area contributed by atoms with Crippen LogP contribution in [0, 0.1) is 11.3 Å². The Balaban J connectivity index is 2.74. The van der Waals surface area contributed by atoms with Crippen LogP contribution >= 0.6 is 0 Å². The Labute approximate surface area is 89.9 Å². The van der Waals surface area contributed by atoms with Gasteiger partial charge in [-0.3, -0.25) is 4.79 Å². The summed E-state index contributed by atoms with van der Waals surface area (Å²) in [5.74, 6) is -0.0432. The number of rotatable bonds is 3. The minimum atomic E-state index is -0.0530. The van der Waals surface area contributed by atoms with E-state index in [1.54, 1.807) is 24.1 Å². The molecule has 1 rings (SSSR count). The van der Waals surface area contributed by atoms with Crippen LogP contribution in [0.1, 0.15) is 23.7 Å². The molecule has 0 aliphatic rings. The summed E-state index contributed by atoms with van der Waals surface area (Å²) in [7, 11) is 1.72. The van der Waals surface area contributed by atoms with Crippen molar-refractivity contribution in [1.29, 1.82) is 5.26 Å². The summed E-state index contributed by atoms with van der Waals surface area (Å²) in [6.45, 7) is 1.87. The number of benzene rings is 1. The maximum absolute atomic E-state index is 11.9. The Bertz CT molecular complexity index is 367. The summed E-state index contributed by atoms with van der Waals surface area (Å²) in [4.78, 5) is 13.5. The van der Waals surface area contributed by atoms with E-state index in [1.165, 1.54) is 0 Å². The van der Waals surface area contributed by atoms with Gasteiger partial charge >= 0.3 is 0 Å². The van der Waals surface area contributed by atoms with Crippen LogP contribution in [0.5, 0.6) is 0 Å². The molecule has 0 N–H and O–H groups in total. The zero-order valence-corrected chi connectivity index (χ0v) is 8.97. The SMILES string of the molecule is CC(CC#N)N(C)C(=O)c1ccccc1. The molecule has 0 radical (unpaired) electrons. The second-order valence-electron chi connectivity index (χ2n) is 3.49. The highest BCUT2D eigenvalue weighted by Crippen LogP contribution is 2.07.